The number of amides is 2. The molecule has 0 aromatic carbocycles. The van der Waals surface area contributed by atoms with Crippen molar-refractivity contribution in [2.24, 2.45) is 5.41 Å². The lowest BCUT2D eigenvalue weighted by molar-refractivity contribution is 0.0650. The van der Waals surface area contributed by atoms with Gasteiger partial charge in [0.1, 0.15) is 0 Å². The van der Waals surface area contributed by atoms with Gasteiger partial charge in [0.2, 0.25) is 5.56 Å². The summed E-state index contributed by atoms with van der Waals surface area (Å²) in [6.07, 6.45) is 2.78. The van der Waals surface area contributed by atoms with Crippen molar-refractivity contribution in [3.8, 4) is 0 Å². The molecule has 0 spiro atoms. The number of urea groups is 1. The Labute approximate surface area is 131 Å². The molecule has 0 saturated carbocycles. The van der Waals surface area contributed by atoms with Crippen LogP contribution in [0.2, 0.25) is 0 Å². The maximum absolute atomic E-state index is 11.6. The number of aliphatic hydroxyl groups excluding tert-OH is 1. The first-order valence-corrected chi connectivity index (χ1v) is 7.66. The zero-order valence-electron chi connectivity index (χ0n) is 13.6. The first kappa shape index (κ1) is 18.2. The monoisotopic (exact) mass is 309 g/mol. The molecular weight excluding hydrogens is 282 g/mol. The van der Waals surface area contributed by atoms with Crippen LogP contribution in [0.4, 0.5) is 4.79 Å². The number of aromatic nitrogens is 1. The molecule has 0 radical (unpaired) electrons. The maximum Gasteiger partial charge on any atom is 0.314 e. The normalized spacial score (nSPS) is 12.7. The van der Waals surface area contributed by atoms with Gasteiger partial charge in [-0.05, 0) is 24.3 Å². The molecule has 1 unspecified atom stereocenters. The smallest absolute Gasteiger partial charge is 0.314 e. The largest absolute Gasteiger partial charge is 0.391 e. The second kappa shape index (κ2) is 8.58. The Balaban J connectivity index is 2.13. The van der Waals surface area contributed by atoms with Crippen LogP contribution in [0.15, 0.2) is 29.2 Å². The second-order valence-electron chi connectivity index (χ2n) is 6.46. The number of aryl methyl sites for hydroxylation is 1. The Hall–Kier alpha value is -1.82. The predicted molar refractivity (Wildman–Crippen MR) is 86.8 cm³/mol. The van der Waals surface area contributed by atoms with Crippen LogP contribution in [0.1, 0.15) is 33.6 Å². The molecule has 0 aliphatic carbocycles. The van der Waals surface area contributed by atoms with Gasteiger partial charge >= 0.3 is 6.03 Å². The number of unbranched alkanes of at least 4 members (excludes halogenated alkanes) is 1. The van der Waals surface area contributed by atoms with Crippen LogP contribution in [0, 0.1) is 5.41 Å². The Morgan fingerprint density at radius 3 is 2.64 bits per heavy atom. The van der Waals surface area contributed by atoms with Crippen molar-refractivity contribution >= 4 is 6.03 Å². The molecule has 124 valence electrons. The summed E-state index contributed by atoms with van der Waals surface area (Å²) in [6, 6.07) is 4.80. The van der Waals surface area contributed by atoms with Crippen LogP contribution >= 0.6 is 0 Å². The molecule has 0 bridgehead atoms. The Kier molecular flexibility index (Phi) is 7.11. The van der Waals surface area contributed by atoms with E-state index in [4.69, 9.17) is 0 Å². The van der Waals surface area contributed by atoms with Crippen molar-refractivity contribution in [3.63, 3.8) is 0 Å². The van der Waals surface area contributed by atoms with Crippen molar-refractivity contribution < 1.29 is 9.90 Å². The average Bonchev–Trinajstić information content (AvgIpc) is 2.45. The molecule has 6 heteroatoms. The quantitative estimate of drug-likeness (QED) is 0.665. The predicted octanol–water partition coefficient (Wildman–Crippen LogP) is 1.33. The topological polar surface area (TPSA) is 83.4 Å². The first-order chi connectivity index (χ1) is 10.3. The van der Waals surface area contributed by atoms with Crippen LogP contribution in [-0.4, -0.2) is 34.9 Å². The van der Waals surface area contributed by atoms with E-state index in [-0.39, 0.29) is 23.6 Å². The van der Waals surface area contributed by atoms with E-state index in [9.17, 15) is 14.7 Å². The highest BCUT2D eigenvalue weighted by molar-refractivity contribution is 5.73. The average molecular weight is 309 g/mol. The Morgan fingerprint density at radius 1 is 1.27 bits per heavy atom. The SMILES string of the molecule is CC(C)(C)C(O)CNC(=O)NCCCCn1ccccc1=O. The lowest BCUT2D eigenvalue weighted by Gasteiger charge is -2.25. The molecule has 1 atom stereocenters. The lowest BCUT2D eigenvalue weighted by Crippen LogP contribution is -2.43. The van der Waals surface area contributed by atoms with Crippen molar-refractivity contribution in [3.05, 3.63) is 34.7 Å². The fraction of sp³-hybridized carbons (Fsp3) is 0.625. The minimum Gasteiger partial charge on any atom is -0.391 e. The molecule has 0 aliphatic heterocycles. The molecule has 1 heterocycles. The fourth-order valence-corrected chi connectivity index (χ4v) is 1.81. The van der Waals surface area contributed by atoms with E-state index in [0.29, 0.717) is 13.1 Å². The molecule has 22 heavy (non-hydrogen) atoms. The molecule has 0 aliphatic rings. The van der Waals surface area contributed by atoms with Gasteiger partial charge in [-0.15, -0.1) is 0 Å². The maximum atomic E-state index is 11.6. The number of rotatable bonds is 7. The van der Waals surface area contributed by atoms with Crippen LogP contribution in [0.25, 0.3) is 0 Å². The van der Waals surface area contributed by atoms with Gasteiger partial charge in [-0.1, -0.05) is 26.8 Å². The van der Waals surface area contributed by atoms with Crippen LogP contribution < -0.4 is 16.2 Å². The van der Waals surface area contributed by atoms with E-state index in [1.54, 1.807) is 16.8 Å². The minimum absolute atomic E-state index is 0.00984. The summed E-state index contributed by atoms with van der Waals surface area (Å²) in [6.45, 7) is 7.17. The molecule has 3 N–H and O–H groups in total. The van der Waals surface area contributed by atoms with E-state index in [1.807, 2.05) is 26.8 Å². The van der Waals surface area contributed by atoms with Crippen LogP contribution in [0.3, 0.4) is 0 Å². The van der Waals surface area contributed by atoms with Gasteiger partial charge < -0.3 is 20.3 Å². The first-order valence-electron chi connectivity index (χ1n) is 7.66. The number of hydrogen-bond donors (Lipinski definition) is 3. The third kappa shape index (κ3) is 6.76. The van der Waals surface area contributed by atoms with E-state index < -0.39 is 6.10 Å². The van der Waals surface area contributed by atoms with Gasteiger partial charge in [-0.25, -0.2) is 4.79 Å². The van der Waals surface area contributed by atoms with E-state index in [0.717, 1.165) is 12.8 Å². The minimum atomic E-state index is -0.580. The summed E-state index contributed by atoms with van der Waals surface area (Å²) in [5.41, 5.74) is -0.264. The van der Waals surface area contributed by atoms with E-state index >= 15 is 0 Å². The van der Waals surface area contributed by atoms with E-state index in [2.05, 4.69) is 10.6 Å². The molecule has 2 amide bonds. The van der Waals surface area contributed by atoms with Crippen LogP contribution in [0.5, 0.6) is 0 Å². The molecule has 0 fully saturated rings. The van der Waals surface area contributed by atoms with Gasteiger partial charge in [-0.3, -0.25) is 4.79 Å². The lowest BCUT2D eigenvalue weighted by atomic mass is 9.89. The molecule has 1 rings (SSSR count). The van der Waals surface area contributed by atoms with Gasteiger partial charge in [-0.2, -0.15) is 0 Å². The number of carbonyl (C=O) groups is 1. The second-order valence-corrected chi connectivity index (χ2v) is 6.46. The van der Waals surface area contributed by atoms with Crippen molar-refractivity contribution in [1.82, 2.24) is 15.2 Å². The number of aliphatic hydroxyl groups is 1. The van der Waals surface area contributed by atoms with Gasteiger partial charge in [0.25, 0.3) is 0 Å². The van der Waals surface area contributed by atoms with Crippen molar-refractivity contribution in [1.29, 1.82) is 0 Å². The summed E-state index contributed by atoms with van der Waals surface area (Å²) in [4.78, 5) is 23.1. The summed E-state index contributed by atoms with van der Waals surface area (Å²) >= 11 is 0. The van der Waals surface area contributed by atoms with Gasteiger partial charge in [0.15, 0.2) is 0 Å². The Morgan fingerprint density at radius 2 is 2.00 bits per heavy atom. The highest BCUT2D eigenvalue weighted by atomic mass is 16.3. The number of pyridine rings is 1. The molecule has 1 aromatic rings. The molecule has 1 aromatic heterocycles. The highest BCUT2D eigenvalue weighted by Crippen LogP contribution is 2.17. The Bertz CT molecular complexity index is 520. The van der Waals surface area contributed by atoms with Gasteiger partial charge in [0, 0.05) is 31.9 Å². The highest BCUT2D eigenvalue weighted by Gasteiger charge is 2.22. The molecular formula is C16H27N3O3. The summed E-state index contributed by atoms with van der Waals surface area (Å²) in [5, 5.41) is 15.2. The van der Waals surface area contributed by atoms with Crippen molar-refractivity contribution in [2.75, 3.05) is 13.1 Å². The van der Waals surface area contributed by atoms with Gasteiger partial charge in [0.05, 0.1) is 6.10 Å². The number of nitrogens with one attached hydrogen (secondary N) is 2. The molecule has 6 nitrogen and oxygen atoms in total. The third-order valence-corrected chi connectivity index (χ3v) is 3.47. The van der Waals surface area contributed by atoms with Crippen LogP contribution in [-0.2, 0) is 6.54 Å². The third-order valence-electron chi connectivity index (χ3n) is 3.47. The zero-order chi connectivity index (χ0) is 16.6. The number of hydrogen-bond acceptors (Lipinski definition) is 3. The summed E-state index contributed by atoms with van der Waals surface area (Å²) in [7, 11) is 0. The van der Waals surface area contributed by atoms with Crippen molar-refractivity contribution in [2.45, 2.75) is 46.3 Å². The summed E-state index contributed by atoms with van der Waals surface area (Å²) in [5.74, 6) is 0. The number of nitrogens with zero attached hydrogens (tertiary/aromatic N) is 1. The number of carbonyl (C=O) groups excluding carboxylic acids is 1. The molecule has 0 saturated heterocycles. The van der Waals surface area contributed by atoms with E-state index in [1.165, 1.54) is 6.07 Å². The standard InChI is InChI=1S/C16H27N3O3/c1-16(2,3)13(20)12-18-15(22)17-9-5-7-11-19-10-6-4-8-14(19)21/h4,6,8,10,13,20H,5,7,9,11-12H2,1-3H3,(H2,17,18,22). The fourth-order valence-electron chi connectivity index (χ4n) is 1.81. The zero-order valence-corrected chi connectivity index (χ0v) is 13.6. The summed E-state index contributed by atoms with van der Waals surface area (Å²) < 4.78 is 1.65.